The van der Waals surface area contributed by atoms with Gasteiger partial charge in [-0.3, -0.25) is 4.79 Å². The monoisotopic (exact) mass is 281 g/mol. The SMILES string of the molecule is Cc1cccc(CN2C(=O)Cc3ccc(C(=O)O)cc32)c1. The molecule has 21 heavy (non-hydrogen) atoms. The lowest BCUT2D eigenvalue weighted by Crippen LogP contribution is -2.26. The first-order valence-corrected chi connectivity index (χ1v) is 6.77. The average molecular weight is 281 g/mol. The Morgan fingerprint density at radius 1 is 1.24 bits per heavy atom. The summed E-state index contributed by atoms with van der Waals surface area (Å²) >= 11 is 0. The van der Waals surface area contributed by atoms with Crippen LogP contribution in [0.3, 0.4) is 0 Å². The predicted octanol–water partition coefficient (Wildman–Crippen LogP) is 2.78. The third-order valence-electron chi connectivity index (χ3n) is 3.69. The number of aromatic carboxylic acids is 1. The molecule has 2 aromatic rings. The summed E-state index contributed by atoms with van der Waals surface area (Å²) < 4.78 is 0. The molecule has 0 spiro atoms. The first-order chi connectivity index (χ1) is 10.0. The van der Waals surface area contributed by atoms with Gasteiger partial charge < -0.3 is 10.0 Å². The molecule has 0 radical (unpaired) electrons. The zero-order chi connectivity index (χ0) is 15.0. The van der Waals surface area contributed by atoms with Crippen molar-refractivity contribution in [2.24, 2.45) is 0 Å². The van der Waals surface area contributed by atoms with E-state index in [1.807, 2.05) is 31.2 Å². The fourth-order valence-corrected chi connectivity index (χ4v) is 2.66. The molecule has 1 aliphatic rings. The number of anilines is 1. The molecule has 0 saturated heterocycles. The van der Waals surface area contributed by atoms with Gasteiger partial charge in [0.25, 0.3) is 0 Å². The van der Waals surface area contributed by atoms with Gasteiger partial charge in [0.2, 0.25) is 5.91 Å². The lowest BCUT2D eigenvalue weighted by atomic mass is 10.1. The Hall–Kier alpha value is -2.62. The van der Waals surface area contributed by atoms with Crippen molar-refractivity contribution in [1.29, 1.82) is 0 Å². The zero-order valence-electron chi connectivity index (χ0n) is 11.7. The minimum absolute atomic E-state index is 0.00837. The van der Waals surface area contributed by atoms with Gasteiger partial charge in [-0.25, -0.2) is 4.79 Å². The van der Waals surface area contributed by atoms with E-state index in [-0.39, 0.29) is 11.5 Å². The highest BCUT2D eigenvalue weighted by atomic mass is 16.4. The van der Waals surface area contributed by atoms with Crippen LogP contribution in [0.25, 0.3) is 0 Å². The van der Waals surface area contributed by atoms with Gasteiger partial charge in [0.1, 0.15) is 0 Å². The maximum Gasteiger partial charge on any atom is 0.335 e. The zero-order valence-corrected chi connectivity index (χ0v) is 11.7. The summed E-state index contributed by atoms with van der Waals surface area (Å²) in [6.07, 6.45) is 0.334. The fourth-order valence-electron chi connectivity index (χ4n) is 2.66. The Balaban J connectivity index is 1.96. The number of benzene rings is 2. The summed E-state index contributed by atoms with van der Waals surface area (Å²) in [4.78, 5) is 24.9. The van der Waals surface area contributed by atoms with Gasteiger partial charge in [0.15, 0.2) is 0 Å². The van der Waals surface area contributed by atoms with Crippen molar-refractivity contribution in [3.63, 3.8) is 0 Å². The van der Waals surface area contributed by atoms with E-state index in [4.69, 9.17) is 5.11 Å². The molecule has 1 aliphatic heterocycles. The topological polar surface area (TPSA) is 57.6 Å². The number of aryl methyl sites for hydroxylation is 1. The largest absolute Gasteiger partial charge is 0.478 e. The van der Waals surface area contributed by atoms with Crippen LogP contribution < -0.4 is 4.90 Å². The molecule has 106 valence electrons. The molecule has 0 bridgehead atoms. The first-order valence-electron chi connectivity index (χ1n) is 6.77. The number of nitrogens with zero attached hydrogens (tertiary/aromatic N) is 1. The number of carbonyl (C=O) groups is 2. The number of hydrogen-bond donors (Lipinski definition) is 1. The van der Waals surface area contributed by atoms with Crippen molar-refractivity contribution in [3.8, 4) is 0 Å². The van der Waals surface area contributed by atoms with Crippen LogP contribution in [0.1, 0.15) is 27.0 Å². The molecule has 4 nitrogen and oxygen atoms in total. The minimum atomic E-state index is -0.979. The molecule has 0 atom stereocenters. The molecule has 0 saturated carbocycles. The molecule has 1 heterocycles. The quantitative estimate of drug-likeness (QED) is 0.941. The Morgan fingerprint density at radius 2 is 2.05 bits per heavy atom. The fraction of sp³-hybridized carbons (Fsp3) is 0.176. The summed E-state index contributed by atoms with van der Waals surface area (Å²) in [6.45, 7) is 2.47. The highest BCUT2D eigenvalue weighted by molar-refractivity contribution is 6.02. The third kappa shape index (κ3) is 2.52. The van der Waals surface area contributed by atoms with E-state index in [1.54, 1.807) is 23.1 Å². The van der Waals surface area contributed by atoms with Crippen LogP contribution in [-0.4, -0.2) is 17.0 Å². The van der Waals surface area contributed by atoms with Gasteiger partial charge in [0, 0.05) is 5.69 Å². The second-order valence-corrected chi connectivity index (χ2v) is 5.29. The van der Waals surface area contributed by atoms with Crippen LogP contribution in [-0.2, 0) is 17.8 Å². The molecule has 2 aromatic carbocycles. The molecular formula is C17H15NO3. The Kier molecular flexibility index (Phi) is 3.22. The summed E-state index contributed by atoms with van der Waals surface area (Å²) in [5.74, 6) is -0.971. The summed E-state index contributed by atoms with van der Waals surface area (Å²) in [7, 11) is 0. The van der Waals surface area contributed by atoms with E-state index in [0.29, 0.717) is 18.7 Å². The molecular weight excluding hydrogens is 266 g/mol. The second-order valence-electron chi connectivity index (χ2n) is 5.29. The molecule has 1 amide bonds. The van der Waals surface area contributed by atoms with Crippen LogP contribution >= 0.6 is 0 Å². The van der Waals surface area contributed by atoms with Crippen LogP contribution in [0.15, 0.2) is 42.5 Å². The number of carboxylic acids is 1. The lowest BCUT2D eigenvalue weighted by Gasteiger charge is -2.18. The predicted molar refractivity (Wildman–Crippen MR) is 79.5 cm³/mol. The molecule has 4 heteroatoms. The van der Waals surface area contributed by atoms with E-state index in [0.717, 1.165) is 16.7 Å². The standard InChI is InChI=1S/C17H15NO3/c1-11-3-2-4-12(7-11)10-18-15-8-14(17(20)21)6-5-13(15)9-16(18)19/h2-8H,9-10H2,1H3,(H,20,21). The Morgan fingerprint density at radius 3 is 2.76 bits per heavy atom. The first kappa shape index (κ1) is 13.4. The number of carboxylic acid groups (broad SMARTS) is 1. The van der Waals surface area contributed by atoms with Crippen molar-refractivity contribution in [2.45, 2.75) is 19.9 Å². The molecule has 1 N–H and O–H groups in total. The van der Waals surface area contributed by atoms with Crippen LogP contribution in [0.2, 0.25) is 0 Å². The van der Waals surface area contributed by atoms with Gasteiger partial charge in [0.05, 0.1) is 18.5 Å². The van der Waals surface area contributed by atoms with Gasteiger partial charge in [-0.15, -0.1) is 0 Å². The van der Waals surface area contributed by atoms with Crippen molar-refractivity contribution in [3.05, 3.63) is 64.7 Å². The molecule has 0 unspecified atom stereocenters. The average Bonchev–Trinajstić information content (AvgIpc) is 2.74. The van der Waals surface area contributed by atoms with Crippen LogP contribution in [0.4, 0.5) is 5.69 Å². The highest BCUT2D eigenvalue weighted by Crippen LogP contribution is 2.31. The molecule has 0 aromatic heterocycles. The van der Waals surface area contributed by atoms with Crippen LogP contribution in [0.5, 0.6) is 0 Å². The van der Waals surface area contributed by atoms with E-state index in [1.165, 1.54) is 0 Å². The highest BCUT2D eigenvalue weighted by Gasteiger charge is 2.28. The van der Waals surface area contributed by atoms with Gasteiger partial charge in [-0.2, -0.15) is 0 Å². The van der Waals surface area contributed by atoms with E-state index in [2.05, 4.69) is 0 Å². The number of fused-ring (bicyclic) bond motifs is 1. The van der Waals surface area contributed by atoms with Gasteiger partial charge in [-0.05, 0) is 30.2 Å². The number of carbonyl (C=O) groups excluding carboxylic acids is 1. The van der Waals surface area contributed by atoms with Gasteiger partial charge >= 0.3 is 5.97 Å². The molecule has 0 aliphatic carbocycles. The minimum Gasteiger partial charge on any atom is -0.478 e. The van der Waals surface area contributed by atoms with E-state index in [9.17, 15) is 9.59 Å². The van der Waals surface area contributed by atoms with Crippen molar-refractivity contribution in [2.75, 3.05) is 4.90 Å². The number of amides is 1. The lowest BCUT2D eigenvalue weighted by molar-refractivity contribution is -0.117. The van der Waals surface area contributed by atoms with Crippen molar-refractivity contribution >= 4 is 17.6 Å². The van der Waals surface area contributed by atoms with E-state index < -0.39 is 5.97 Å². The molecule has 3 rings (SSSR count). The summed E-state index contributed by atoms with van der Waals surface area (Å²) in [6, 6.07) is 12.8. The van der Waals surface area contributed by atoms with Gasteiger partial charge in [-0.1, -0.05) is 35.9 Å². The maximum absolute atomic E-state index is 12.2. The van der Waals surface area contributed by atoms with Crippen molar-refractivity contribution in [1.82, 2.24) is 0 Å². The summed E-state index contributed by atoms with van der Waals surface area (Å²) in [5, 5.41) is 9.09. The van der Waals surface area contributed by atoms with Crippen LogP contribution in [0, 0.1) is 6.92 Å². The normalized spacial score (nSPS) is 13.4. The maximum atomic E-state index is 12.2. The molecule has 0 fully saturated rings. The Labute approximate surface area is 122 Å². The van der Waals surface area contributed by atoms with E-state index >= 15 is 0 Å². The summed E-state index contributed by atoms with van der Waals surface area (Å²) in [5.41, 5.74) is 3.98. The number of rotatable bonds is 3. The number of hydrogen-bond acceptors (Lipinski definition) is 2. The smallest absolute Gasteiger partial charge is 0.335 e. The Bertz CT molecular complexity index is 737. The third-order valence-corrected chi connectivity index (χ3v) is 3.69. The van der Waals surface area contributed by atoms with Crippen molar-refractivity contribution < 1.29 is 14.7 Å². The second kappa shape index (κ2) is 5.05.